The highest BCUT2D eigenvalue weighted by molar-refractivity contribution is 7.09. The monoisotopic (exact) mass is 364 g/mol. The highest BCUT2D eigenvalue weighted by Crippen LogP contribution is 2.24. The van der Waals surface area contributed by atoms with Gasteiger partial charge >= 0.3 is 0 Å². The smallest absolute Gasteiger partial charge is 0.255 e. The Hall–Kier alpha value is -1.96. The van der Waals surface area contributed by atoms with E-state index >= 15 is 0 Å². The van der Waals surface area contributed by atoms with Crippen LogP contribution in [0, 0.1) is 0 Å². The molecule has 1 aromatic heterocycles. The number of thiophene rings is 1. The molecule has 1 fully saturated rings. The van der Waals surface area contributed by atoms with Crippen LogP contribution in [0.5, 0.6) is 0 Å². The first-order valence-corrected chi connectivity index (χ1v) is 9.11. The van der Waals surface area contributed by atoms with Gasteiger partial charge in [0.1, 0.15) is 0 Å². The number of amides is 2. The summed E-state index contributed by atoms with van der Waals surface area (Å²) >= 11 is 1.58. The zero-order valence-corrected chi connectivity index (χ0v) is 14.9. The van der Waals surface area contributed by atoms with E-state index < -0.39 is 24.0 Å². The fourth-order valence-corrected chi connectivity index (χ4v) is 3.58. The summed E-state index contributed by atoms with van der Waals surface area (Å²) in [4.78, 5) is 27.0. The number of aliphatic hydroxyl groups excluding tert-OH is 2. The maximum atomic E-state index is 12.4. The first-order valence-electron chi connectivity index (χ1n) is 8.23. The van der Waals surface area contributed by atoms with Crippen LogP contribution in [-0.4, -0.2) is 58.3 Å². The Morgan fingerprint density at radius 2 is 2.20 bits per heavy atom. The number of carbonyl (C=O) groups excluding carboxylic acids is 2. The molecule has 25 heavy (non-hydrogen) atoms. The van der Waals surface area contributed by atoms with Gasteiger partial charge in [-0.2, -0.15) is 0 Å². The van der Waals surface area contributed by atoms with E-state index in [0.29, 0.717) is 25.1 Å². The Morgan fingerprint density at radius 3 is 2.84 bits per heavy atom. The lowest BCUT2D eigenvalue weighted by atomic mass is 10.1. The maximum Gasteiger partial charge on any atom is 0.255 e. The summed E-state index contributed by atoms with van der Waals surface area (Å²) in [5, 5.41) is 24.6. The summed E-state index contributed by atoms with van der Waals surface area (Å²) in [6, 6.07) is 3.63. The second kappa shape index (κ2) is 8.94. The molecule has 0 aromatic carbocycles. The van der Waals surface area contributed by atoms with E-state index in [2.05, 4.69) is 18.5 Å². The minimum atomic E-state index is -1.80. The van der Waals surface area contributed by atoms with Crippen LogP contribution in [0.1, 0.15) is 17.7 Å². The third-order valence-corrected chi connectivity index (χ3v) is 5.23. The van der Waals surface area contributed by atoms with Gasteiger partial charge in [-0.25, -0.2) is 0 Å². The van der Waals surface area contributed by atoms with Crippen LogP contribution in [0.3, 0.4) is 0 Å². The zero-order chi connectivity index (χ0) is 18.4. The third-order valence-electron chi connectivity index (χ3n) is 4.30. The molecular weight excluding hydrogens is 340 g/mol. The number of rotatable bonds is 8. The maximum absolute atomic E-state index is 12.4. The van der Waals surface area contributed by atoms with Crippen molar-refractivity contribution in [2.24, 2.45) is 0 Å². The molecule has 1 aliphatic heterocycles. The van der Waals surface area contributed by atoms with Crippen molar-refractivity contribution in [2.75, 3.05) is 13.1 Å². The highest BCUT2D eigenvalue weighted by Gasteiger charge is 2.38. The standard InChI is InChI=1S/C18H24N2O4S/c1-3-12(2)14-7-4-10-20(14)18(24)16(22)15(21)17(23)19-9-8-13-6-5-11-25-13/h3,5-6,11,14-16,21-22H,1-2,4,7-10H2,(H,19,23). The molecule has 0 saturated carbocycles. The van der Waals surface area contributed by atoms with E-state index in [-0.39, 0.29) is 6.04 Å². The number of likely N-dealkylation sites (tertiary alicyclic amines) is 1. The van der Waals surface area contributed by atoms with Crippen LogP contribution in [0.25, 0.3) is 0 Å². The van der Waals surface area contributed by atoms with E-state index in [4.69, 9.17) is 0 Å². The van der Waals surface area contributed by atoms with Crippen molar-refractivity contribution in [1.29, 1.82) is 0 Å². The normalized spacial score (nSPS) is 19.3. The average Bonchev–Trinajstić information content (AvgIpc) is 3.30. The van der Waals surface area contributed by atoms with Gasteiger partial charge in [0.25, 0.3) is 11.8 Å². The number of aliphatic hydroxyl groups is 2. The van der Waals surface area contributed by atoms with Crippen LogP contribution in [0.2, 0.25) is 0 Å². The lowest BCUT2D eigenvalue weighted by Gasteiger charge is -2.28. The largest absolute Gasteiger partial charge is 0.380 e. The summed E-state index contributed by atoms with van der Waals surface area (Å²) in [6.45, 7) is 8.30. The van der Waals surface area contributed by atoms with Gasteiger partial charge in [-0.05, 0) is 36.3 Å². The van der Waals surface area contributed by atoms with E-state index in [9.17, 15) is 19.8 Å². The quantitative estimate of drug-likeness (QED) is 0.597. The fourth-order valence-electron chi connectivity index (χ4n) is 2.87. The minimum absolute atomic E-state index is 0.242. The molecule has 1 saturated heterocycles. The molecule has 2 rings (SSSR count). The molecule has 3 atom stereocenters. The van der Waals surface area contributed by atoms with Gasteiger partial charge < -0.3 is 20.4 Å². The van der Waals surface area contributed by atoms with Gasteiger partial charge in [0.2, 0.25) is 0 Å². The number of hydrogen-bond donors (Lipinski definition) is 3. The van der Waals surface area contributed by atoms with Crippen molar-refractivity contribution in [3.63, 3.8) is 0 Å². The van der Waals surface area contributed by atoms with Gasteiger partial charge in [0.05, 0.1) is 6.04 Å². The van der Waals surface area contributed by atoms with Crippen LogP contribution < -0.4 is 5.32 Å². The molecule has 0 radical (unpaired) electrons. The molecule has 136 valence electrons. The lowest BCUT2D eigenvalue weighted by Crippen LogP contribution is -2.52. The fraction of sp³-hybridized carbons (Fsp3) is 0.444. The molecule has 7 heteroatoms. The topological polar surface area (TPSA) is 89.9 Å². The van der Waals surface area contributed by atoms with E-state index in [1.165, 1.54) is 4.90 Å². The lowest BCUT2D eigenvalue weighted by molar-refractivity contribution is -0.153. The summed E-state index contributed by atoms with van der Waals surface area (Å²) < 4.78 is 0. The Balaban J connectivity index is 1.87. The Bertz CT molecular complexity index is 629. The Kier molecular flexibility index (Phi) is 6.92. The van der Waals surface area contributed by atoms with Crippen molar-refractivity contribution in [2.45, 2.75) is 37.5 Å². The summed E-state index contributed by atoms with van der Waals surface area (Å²) in [5.41, 5.74) is 0.688. The SMILES string of the molecule is C=CC(=C)C1CCCN1C(=O)C(O)C(O)C(=O)NCCc1cccs1. The highest BCUT2D eigenvalue weighted by atomic mass is 32.1. The number of nitrogens with zero attached hydrogens (tertiary/aromatic N) is 1. The van der Waals surface area contributed by atoms with Crippen molar-refractivity contribution in [3.05, 3.63) is 47.2 Å². The molecule has 0 aliphatic carbocycles. The number of nitrogens with one attached hydrogen (secondary N) is 1. The first kappa shape index (κ1) is 19.4. The zero-order valence-electron chi connectivity index (χ0n) is 14.1. The number of carbonyl (C=O) groups is 2. The van der Waals surface area contributed by atoms with Crippen molar-refractivity contribution in [3.8, 4) is 0 Å². The molecule has 2 amide bonds. The summed E-state index contributed by atoms with van der Waals surface area (Å²) in [7, 11) is 0. The van der Waals surface area contributed by atoms with Crippen LogP contribution in [-0.2, 0) is 16.0 Å². The predicted octanol–water partition coefficient (Wildman–Crippen LogP) is 0.862. The van der Waals surface area contributed by atoms with E-state index in [0.717, 1.165) is 17.7 Å². The molecule has 1 aliphatic rings. The first-order chi connectivity index (χ1) is 12.0. The predicted molar refractivity (Wildman–Crippen MR) is 97.1 cm³/mol. The molecular formula is C18H24N2O4S. The van der Waals surface area contributed by atoms with Crippen LogP contribution in [0.15, 0.2) is 42.3 Å². The molecule has 2 heterocycles. The van der Waals surface area contributed by atoms with Crippen LogP contribution >= 0.6 is 11.3 Å². The molecule has 3 N–H and O–H groups in total. The average molecular weight is 364 g/mol. The van der Waals surface area contributed by atoms with Crippen molar-refractivity contribution in [1.82, 2.24) is 10.2 Å². The Morgan fingerprint density at radius 1 is 1.44 bits per heavy atom. The van der Waals surface area contributed by atoms with Gasteiger partial charge in [-0.1, -0.05) is 25.3 Å². The summed E-state index contributed by atoms with van der Waals surface area (Å²) in [5.74, 6) is -1.41. The minimum Gasteiger partial charge on any atom is -0.380 e. The van der Waals surface area contributed by atoms with Gasteiger partial charge in [0, 0.05) is 18.0 Å². The molecule has 0 bridgehead atoms. The van der Waals surface area contributed by atoms with E-state index in [1.807, 2.05) is 17.5 Å². The second-order valence-corrected chi connectivity index (χ2v) is 7.01. The summed E-state index contributed by atoms with van der Waals surface area (Å²) in [6.07, 6.45) is 0.129. The number of hydrogen-bond acceptors (Lipinski definition) is 5. The van der Waals surface area contributed by atoms with Gasteiger partial charge in [0.15, 0.2) is 12.2 Å². The third kappa shape index (κ3) is 4.78. The van der Waals surface area contributed by atoms with Crippen molar-refractivity contribution >= 4 is 23.2 Å². The second-order valence-electron chi connectivity index (χ2n) is 5.98. The van der Waals surface area contributed by atoms with E-state index in [1.54, 1.807) is 17.4 Å². The molecule has 1 aromatic rings. The van der Waals surface area contributed by atoms with Crippen molar-refractivity contribution < 1.29 is 19.8 Å². The molecule has 3 unspecified atom stereocenters. The Labute approximate surface area is 151 Å². The molecule has 0 spiro atoms. The van der Waals surface area contributed by atoms with Crippen LogP contribution in [0.4, 0.5) is 0 Å². The molecule has 6 nitrogen and oxygen atoms in total. The van der Waals surface area contributed by atoms with Gasteiger partial charge in [-0.15, -0.1) is 11.3 Å². The van der Waals surface area contributed by atoms with Gasteiger partial charge in [-0.3, -0.25) is 9.59 Å².